The molecule has 0 spiro atoms. The van der Waals surface area contributed by atoms with E-state index in [0.717, 1.165) is 16.9 Å². The van der Waals surface area contributed by atoms with Crippen LogP contribution in [0.25, 0.3) is 0 Å². The first-order chi connectivity index (χ1) is 10.3. The summed E-state index contributed by atoms with van der Waals surface area (Å²) in [6, 6.07) is 17.7. The summed E-state index contributed by atoms with van der Waals surface area (Å²) in [6.45, 7) is 1.60. The molecule has 1 heterocycles. The standard InChI is InChI=1S/C17H17NO3/c19-17(16-12-21-16)18-10-13-6-8-14(9-7-13)11-20-15-4-2-1-3-5-15/h1-9,16H,10-12H2,(H,18,19). The number of epoxide rings is 1. The van der Waals surface area contributed by atoms with Crippen LogP contribution in [0.15, 0.2) is 54.6 Å². The fourth-order valence-corrected chi connectivity index (χ4v) is 1.94. The maximum Gasteiger partial charge on any atom is 0.251 e. The molecule has 108 valence electrons. The molecular formula is C17H17NO3. The number of ether oxygens (including phenoxy) is 2. The Labute approximate surface area is 123 Å². The first-order valence-electron chi connectivity index (χ1n) is 6.96. The normalized spacial score (nSPS) is 16.3. The molecule has 2 aromatic carbocycles. The first kappa shape index (κ1) is 13.6. The van der Waals surface area contributed by atoms with Crippen molar-refractivity contribution in [2.45, 2.75) is 19.3 Å². The molecule has 0 radical (unpaired) electrons. The molecule has 1 atom stereocenters. The van der Waals surface area contributed by atoms with Gasteiger partial charge in [0, 0.05) is 6.54 Å². The van der Waals surface area contributed by atoms with Crippen molar-refractivity contribution in [1.82, 2.24) is 5.32 Å². The van der Waals surface area contributed by atoms with Gasteiger partial charge in [0.25, 0.3) is 5.91 Å². The predicted molar refractivity (Wildman–Crippen MR) is 78.8 cm³/mol. The van der Waals surface area contributed by atoms with Gasteiger partial charge in [-0.15, -0.1) is 0 Å². The van der Waals surface area contributed by atoms with Crippen LogP contribution < -0.4 is 10.1 Å². The monoisotopic (exact) mass is 283 g/mol. The van der Waals surface area contributed by atoms with Gasteiger partial charge in [-0.25, -0.2) is 0 Å². The van der Waals surface area contributed by atoms with Gasteiger partial charge in [-0.1, -0.05) is 42.5 Å². The molecule has 1 unspecified atom stereocenters. The van der Waals surface area contributed by atoms with E-state index in [2.05, 4.69) is 5.32 Å². The van der Waals surface area contributed by atoms with E-state index < -0.39 is 0 Å². The molecule has 0 aromatic heterocycles. The van der Waals surface area contributed by atoms with Crippen molar-refractivity contribution in [2.24, 2.45) is 0 Å². The third-order valence-electron chi connectivity index (χ3n) is 3.26. The van der Waals surface area contributed by atoms with Gasteiger partial charge in [-0.3, -0.25) is 4.79 Å². The topological polar surface area (TPSA) is 50.9 Å². The molecule has 2 aromatic rings. The van der Waals surface area contributed by atoms with Gasteiger partial charge < -0.3 is 14.8 Å². The highest BCUT2D eigenvalue weighted by Gasteiger charge is 2.30. The van der Waals surface area contributed by atoms with Crippen LogP contribution in [-0.4, -0.2) is 18.6 Å². The molecule has 3 rings (SSSR count). The van der Waals surface area contributed by atoms with Gasteiger partial charge in [0.15, 0.2) is 6.10 Å². The number of hydrogen-bond donors (Lipinski definition) is 1. The van der Waals surface area contributed by atoms with Crippen LogP contribution in [0.3, 0.4) is 0 Å². The Morgan fingerprint density at radius 2 is 1.76 bits per heavy atom. The van der Waals surface area contributed by atoms with E-state index in [1.165, 1.54) is 0 Å². The first-order valence-corrected chi connectivity index (χ1v) is 6.96. The van der Waals surface area contributed by atoms with E-state index in [4.69, 9.17) is 9.47 Å². The smallest absolute Gasteiger partial charge is 0.251 e. The highest BCUT2D eigenvalue weighted by Crippen LogP contribution is 2.13. The van der Waals surface area contributed by atoms with Crippen molar-refractivity contribution in [2.75, 3.05) is 6.61 Å². The number of benzene rings is 2. The minimum Gasteiger partial charge on any atom is -0.489 e. The Hall–Kier alpha value is -2.33. The third kappa shape index (κ3) is 4.07. The zero-order valence-corrected chi connectivity index (χ0v) is 11.6. The van der Waals surface area contributed by atoms with Gasteiger partial charge in [-0.2, -0.15) is 0 Å². The SMILES string of the molecule is O=C(NCc1ccc(COc2ccccc2)cc1)C1CO1. The molecule has 1 fully saturated rings. The quantitative estimate of drug-likeness (QED) is 0.827. The number of carbonyl (C=O) groups is 1. The summed E-state index contributed by atoms with van der Waals surface area (Å²) in [6.07, 6.45) is -0.233. The number of hydrogen-bond acceptors (Lipinski definition) is 3. The molecule has 1 aliphatic heterocycles. The molecule has 4 heteroatoms. The van der Waals surface area contributed by atoms with Crippen LogP contribution in [-0.2, 0) is 22.7 Å². The maximum atomic E-state index is 11.4. The second kappa shape index (κ2) is 6.41. The van der Waals surface area contributed by atoms with Crippen LogP contribution in [0, 0.1) is 0 Å². The number of para-hydroxylation sites is 1. The number of amides is 1. The molecule has 1 saturated heterocycles. The van der Waals surface area contributed by atoms with E-state index in [9.17, 15) is 4.79 Å². The van der Waals surface area contributed by atoms with Crippen LogP contribution in [0.4, 0.5) is 0 Å². The van der Waals surface area contributed by atoms with E-state index in [1.54, 1.807) is 0 Å². The Bertz CT molecular complexity index is 591. The molecule has 0 aliphatic carbocycles. The van der Waals surface area contributed by atoms with Crippen molar-refractivity contribution in [3.05, 3.63) is 65.7 Å². The Morgan fingerprint density at radius 1 is 1.10 bits per heavy atom. The molecule has 1 aliphatic rings. The van der Waals surface area contributed by atoms with Crippen LogP contribution in [0.1, 0.15) is 11.1 Å². The Morgan fingerprint density at radius 3 is 2.43 bits per heavy atom. The van der Waals surface area contributed by atoms with Crippen LogP contribution >= 0.6 is 0 Å². The van der Waals surface area contributed by atoms with Crippen LogP contribution in [0.5, 0.6) is 5.75 Å². The third-order valence-corrected chi connectivity index (χ3v) is 3.26. The van der Waals surface area contributed by atoms with Gasteiger partial charge in [0.1, 0.15) is 12.4 Å². The summed E-state index contributed by atoms with van der Waals surface area (Å²) in [7, 11) is 0. The molecule has 0 bridgehead atoms. The second-order valence-corrected chi connectivity index (χ2v) is 4.96. The lowest BCUT2D eigenvalue weighted by atomic mass is 10.1. The minimum atomic E-state index is -0.233. The molecule has 1 amide bonds. The van der Waals surface area contributed by atoms with Crippen LogP contribution in [0.2, 0.25) is 0 Å². The summed E-state index contributed by atoms with van der Waals surface area (Å²) in [5.74, 6) is 0.824. The molecule has 21 heavy (non-hydrogen) atoms. The lowest BCUT2D eigenvalue weighted by Gasteiger charge is -2.07. The zero-order valence-electron chi connectivity index (χ0n) is 11.6. The van der Waals surface area contributed by atoms with Gasteiger partial charge >= 0.3 is 0 Å². The molecule has 1 N–H and O–H groups in total. The van der Waals surface area contributed by atoms with Gasteiger partial charge in [0.05, 0.1) is 6.61 Å². The lowest BCUT2D eigenvalue weighted by Crippen LogP contribution is -2.27. The summed E-state index contributed by atoms with van der Waals surface area (Å²) in [5, 5.41) is 2.84. The van der Waals surface area contributed by atoms with Gasteiger partial charge in [-0.05, 0) is 23.3 Å². The van der Waals surface area contributed by atoms with E-state index in [1.807, 2.05) is 54.6 Å². The van der Waals surface area contributed by atoms with Crippen molar-refractivity contribution in [1.29, 1.82) is 0 Å². The average Bonchev–Trinajstić information content (AvgIpc) is 3.37. The summed E-state index contributed by atoms with van der Waals surface area (Å²) < 4.78 is 10.6. The number of carbonyl (C=O) groups excluding carboxylic acids is 1. The highest BCUT2D eigenvalue weighted by atomic mass is 16.6. The summed E-state index contributed by atoms with van der Waals surface area (Å²) >= 11 is 0. The molecule has 0 saturated carbocycles. The summed E-state index contributed by atoms with van der Waals surface area (Å²) in [4.78, 5) is 11.4. The van der Waals surface area contributed by atoms with Crippen molar-refractivity contribution in [3.8, 4) is 5.75 Å². The number of rotatable bonds is 6. The highest BCUT2D eigenvalue weighted by molar-refractivity contribution is 5.82. The van der Waals surface area contributed by atoms with E-state index >= 15 is 0 Å². The van der Waals surface area contributed by atoms with Crippen molar-refractivity contribution in [3.63, 3.8) is 0 Å². The fourth-order valence-electron chi connectivity index (χ4n) is 1.94. The molecule has 4 nitrogen and oxygen atoms in total. The second-order valence-electron chi connectivity index (χ2n) is 4.96. The lowest BCUT2D eigenvalue weighted by molar-refractivity contribution is -0.122. The van der Waals surface area contributed by atoms with Crippen molar-refractivity contribution >= 4 is 5.91 Å². The maximum absolute atomic E-state index is 11.4. The van der Waals surface area contributed by atoms with E-state index in [-0.39, 0.29) is 12.0 Å². The largest absolute Gasteiger partial charge is 0.489 e. The molecular weight excluding hydrogens is 266 g/mol. The fraction of sp³-hybridized carbons (Fsp3) is 0.235. The summed E-state index contributed by atoms with van der Waals surface area (Å²) in [5.41, 5.74) is 2.16. The Balaban J connectivity index is 1.48. The average molecular weight is 283 g/mol. The number of nitrogens with one attached hydrogen (secondary N) is 1. The minimum absolute atomic E-state index is 0.0357. The zero-order chi connectivity index (χ0) is 14.5. The van der Waals surface area contributed by atoms with Gasteiger partial charge in [0.2, 0.25) is 0 Å². The van der Waals surface area contributed by atoms with E-state index in [0.29, 0.717) is 19.8 Å². The predicted octanol–water partition coefficient (Wildman–Crippen LogP) is 2.28. The van der Waals surface area contributed by atoms with Crippen molar-refractivity contribution < 1.29 is 14.3 Å². The Kier molecular flexibility index (Phi) is 4.17.